The Morgan fingerprint density at radius 2 is 1.85 bits per heavy atom. The van der Waals surface area contributed by atoms with E-state index < -0.39 is 17.9 Å². The van der Waals surface area contributed by atoms with Gasteiger partial charge in [0, 0.05) is 43.2 Å². The van der Waals surface area contributed by atoms with Crippen molar-refractivity contribution in [3.8, 4) is 0 Å². The molecular weight excluding hydrogens is 479 g/mol. The van der Waals surface area contributed by atoms with Gasteiger partial charge in [0.05, 0.1) is 25.0 Å². The Morgan fingerprint density at radius 3 is 2.50 bits per heavy atom. The fraction of sp³-hybridized carbons (Fsp3) is 0.400. The zero-order valence-corrected chi connectivity index (χ0v) is 20.5. The number of halogens is 2. The zero-order chi connectivity index (χ0) is 24.7. The van der Waals surface area contributed by atoms with Gasteiger partial charge in [-0.1, -0.05) is 53.5 Å². The number of aliphatic carboxylic acids is 1. The Balaban J connectivity index is 1.96. The van der Waals surface area contributed by atoms with Crippen LogP contribution in [-0.4, -0.2) is 59.5 Å². The van der Waals surface area contributed by atoms with E-state index in [9.17, 15) is 19.5 Å². The second-order valence-electron chi connectivity index (χ2n) is 8.22. The molecule has 2 aromatic carbocycles. The summed E-state index contributed by atoms with van der Waals surface area (Å²) in [5.41, 5.74) is 1.52. The van der Waals surface area contributed by atoms with Crippen LogP contribution in [0.5, 0.6) is 0 Å². The summed E-state index contributed by atoms with van der Waals surface area (Å²) < 4.78 is 5.21. The van der Waals surface area contributed by atoms with Gasteiger partial charge in [-0.2, -0.15) is 0 Å². The number of ether oxygens (including phenoxy) is 1. The van der Waals surface area contributed by atoms with Crippen LogP contribution in [0, 0.1) is 5.92 Å². The molecule has 3 rings (SSSR count). The van der Waals surface area contributed by atoms with Crippen LogP contribution in [0.25, 0.3) is 0 Å². The molecule has 0 bridgehead atoms. The molecule has 1 heterocycles. The first-order valence-corrected chi connectivity index (χ1v) is 11.8. The first-order chi connectivity index (χ1) is 16.3. The molecule has 0 spiro atoms. The molecule has 0 saturated carbocycles. The first kappa shape index (κ1) is 26.0. The van der Waals surface area contributed by atoms with E-state index in [1.807, 2.05) is 24.3 Å². The lowest BCUT2D eigenvalue weighted by atomic mass is 9.83. The maximum Gasteiger partial charge on any atom is 0.305 e. The van der Waals surface area contributed by atoms with Gasteiger partial charge in [0.1, 0.15) is 0 Å². The van der Waals surface area contributed by atoms with Gasteiger partial charge in [0.15, 0.2) is 0 Å². The minimum atomic E-state index is -0.989. The number of benzene rings is 2. The van der Waals surface area contributed by atoms with E-state index in [2.05, 4.69) is 0 Å². The van der Waals surface area contributed by atoms with Gasteiger partial charge in [-0.15, -0.1) is 0 Å². The normalized spacial score (nSPS) is 18.1. The molecule has 0 radical (unpaired) electrons. The Hall–Kier alpha value is -2.61. The van der Waals surface area contributed by atoms with E-state index >= 15 is 0 Å². The highest BCUT2D eigenvalue weighted by Gasteiger charge is 2.42. The van der Waals surface area contributed by atoms with Crippen LogP contribution < -0.4 is 0 Å². The number of piperidine rings is 1. The molecule has 2 amide bonds. The molecule has 1 N–H and O–H groups in total. The molecule has 1 aliphatic heterocycles. The highest BCUT2D eigenvalue weighted by atomic mass is 35.5. The fourth-order valence-corrected chi connectivity index (χ4v) is 4.68. The van der Waals surface area contributed by atoms with Crippen LogP contribution in [0.2, 0.25) is 10.0 Å². The second-order valence-corrected chi connectivity index (χ2v) is 9.07. The molecule has 2 atom stereocenters. The molecule has 7 nitrogen and oxygen atoms in total. The maximum atomic E-state index is 13.9. The minimum absolute atomic E-state index is 0.0502. The molecule has 9 heteroatoms. The molecule has 1 aliphatic rings. The number of carboxylic acid groups (broad SMARTS) is 1. The summed E-state index contributed by atoms with van der Waals surface area (Å²) >= 11 is 12.5. The van der Waals surface area contributed by atoms with E-state index in [-0.39, 0.29) is 37.7 Å². The summed E-state index contributed by atoms with van der Waals surface area (Å²) in [5, 5.41) is 10.3. The molecule has 0 unspecified atom stereocenters. The van der Waals surface area contributed by atoms with Crippen molar-refractivity contribution in [1.29, 1.82) is 0 Å². The van der Waals surface area contributed by atoms with Crippen molar-refractivity contribution in [3.63, 3.8) is 0 Å². The Morgan fingerprint density at radius 1 is 1.15 bits per heavy atom. The minimum Gasteiger partial charge on any atom is -0.481 e. The number of methoxy groups -OCH3 is 1. The predicted octanol–water partition coefficient (Wildman–Crippen LogP) is 4.42. The average molecular weight is 507 g/mol. The van der Waals surface area contributed by atoms with Gasteiger partial charge in [0.25, 0.3) is 0 Å². The van der Waals surface area contributed by atoms with E-state index in [0.29, 0.717) is 35.2 Å². The number of nitrogens with zero attached hydrogens (tertiary/aromatic N) is 2. The van der Waals surface area contributed by atoms with Crippen molar-refractivity contribution in [2.75, 3.05) is 26.8 Å². The van der Waals surface area contributed by atoms with Crippen LogP contribution in [0.15, 0.2) is 48.5 Å². The number of rotatable bonds is 10. The summed E-state index contributed by atoms with van der Waals surface area (Å²) in [6, 6.07) is 13.7. The van der Waals surface area contributed by atoms with Gasteiger partial charge in [-0.05, 0) is 35.7 Å². The first-order valence-electron chi connectivity index (χ1n) is 11.1. The van der Waals surface area contributed by atoms with E-state index in [0.717, 1.165) is 5.56 Å². The number of likely N-dealkylation sites (tertiary alicyclic amines) is 1. The molecule has 0 aliphatic carbocycles. The van der Waals surface area contributed by atoms with Crippen molar-refractivity contribution >= 4 is 41.0 Å². The molecular formula is C25H28Cl2N2O5. The molecule has 2 aromatic rings. The van der Waals surface area contributed by atoms with E-state index in [1.165, 1.54) is 0 Å². The molecule has 1 saturated heterocycles. The topological polar surface area (TPSA) is 87.2 Å². The Labute approximate surface area is 209 Å². The quantitative estimate of drug-likeness (QED) is 0.515. The summed E-state index contributed by atoms with van der Waals surface area (Å²) in [4.78, 5) is 41.3. The van der Waals surface area contributed by atoms with Crippen molar-refractivity contribution in [3.05, 3.63) is 69.7 Å². The van der Waals surface area contributed by atoms with Crippen molar-refractivity contribution in [2.24, 2.45) is 5.92 Å². The van der Waals surface area contributed by atoms with Crippen LogP contribution in [0.3, 0.4) is 0 Å². The Kier molecular flexibility index (Phi) is 9.33. The molecule has 182 valence electrons. The highest BCUT2D eigenvalue weighted by molar-refractivity contribution is 6.31. The molecule has 1 fully saturated rings. The van der Waals surface area contributed by atoms with Crippen molar-refractivity contribution in [1.82, 2.24) is 9.80 Å². The molecule has 34 heavy (non-hydrogen) atoms. The van der Waals surface area contributed by atoms with Crippen molar-refractivity contribution < 1.29 is 24.2 Å². The number of carboxylic acids is 1. The number of amides is 2. The van der Waals surface area contributed by atoms with Gasteiger partial charge < -0.3 is 19.6 Å². The third-order valence-corrected chi connectivity index (χ3v) is 6.57. The monoisotopic (exact) mass is 506 g/mol. The standard InChI is InChI=1S/C25H28Cl2N2O5/c1-34-15-14-29-22(30)11-10-20(24(29)19-4-2-3-5-21(19)27)25(33)28(13-12-23(31)32)16-17-6-8-18(26)9-7-17/h2-9,20,24H,10-16H2,1H3,(H,31,32)/t20-,24+/m1/s1. The van der Waals surface area contributed by atoms with Gasteiger partial charge in [0.2, 0.25) is 11.8 Å². The van der Waals surface area contributed by atoms with E-state index in [1.54, 1.807) is 41.2 Å². The summed E-state index contributed by atoms with van der Waals surface area (Å²) in [6.07, 6.45) is 0.380. The number of carbonyl (C=O) groups is 3. The fourth-order valence-electron chi connectivity index (χ4n) is 4.31. The lowest BCUT2D eigenvalue weighted by Gasteiger charge is -2.42. The second kappa shape index (κ2) is 12.2. The van der Waals surface area contributed by atoms with Gasteiger partial charge in [-0.25, -0.2) is 0 Å². The highest BCUT2D eigenvalue weighted by Crippen LogP contribution is 2.40. The van der Waals surface area contributed by atoms with Gasteiger partial charge >= 0.3 is 5.97 Å². The predicted molar refractivity (Wildman–Crippen MR) is 130 cm³/mol. The third-order valence-electron chi connectivity index (χ3n) is 5.98. The lowest BCUT2D eigenvalue weighted by molar-refractivity contribution is -0.149. The van der Waals surface area contributed by atoms with Crippen LogP contribution in [0.1, 0.15) is 36.4 Å². The van der Waals surface area contributed by atoms with Crippen LogP contribution >= 0.6 is 23.2 Å². The summed E-state index contributed by atoms with van der Waals surface area (Å²) in [5.74, 6) is -1.84. The zero-order valence-electron chi connectivity index (χ0n) is 19.0. The van der Waals surface area contributed by atoms with Crippen molar-refractivity contribution in [2.45, 2.75) is 31.8 Å². The number of carbonyl (C=O) groups excluding carboxylic acids is 2. The maximum absolute atomic E-state index is 13.9. The summed E-state index contributed by atoms with van der Waals surface area (Å²) in [6.45, 7) is 0.929. The third kappa shape index (κ3) is 6.50. The molecule has 0 aromatic heterocycles. The smallest absolute Gasteiger partial charge is 0.305 e. The number of hydrogen-bond acceptors (Lipinski definition) is 4. The largest absolute Gasteiger partial charge is 0.481 e. The SMILES string of the molecule is COCCN1C(=O)CC[C@@H](C(=O)N(CCC(=O)O)Cc2ccc(Cl)cc2)[C@@H]1c1ccccc1Cl. The van der Waals surface area contributed by atoms with Crippen LogP contribution in [-0.2, 0) is 25.7 Å². The van der Waals surface area contributed by atoms with Gasteiger partial charge in [-0.3, -0.25) is 14.4 Å². The van der Waals surface area contributed by atoms with E-state index in [4.69, 9.17) is 27.9 Å². The number of hydrogen-bond donors (Lipinski definition) is 1. The Bertz CT molecular complexity index is 1010. The summed E-state index contributed by atoms with van der Waals surface area (Å²) in [7, 11) is 1.56. The van der Waals surface area contributed by atoms with Crippen LogP contribution in [0.4, 0.5) is 0 Å². The lowest BCUT2D eigenvalue weighted by Crippen LogP contribution is -2.50. The average Bonchev–Trinajstić information content (AvgIpc) is 2.82.